The molecule has 3 nitrogen and oxygen atoms in total. The van der Waals surface area contributed by atoms with Gasteiger partial charge in [0.2, 0.25) is 5.91 Å². The monoisotopic (exact) mass is 212 g/mol. The van der Waals surface area contributed by atoms with Crippen LogP contribution in [-0.4, -0.2) is 36.5 Å². The summed E-state index contributed by atoms with van der Waals surface area (Å²) in [6, 6.07) is 0.623. The topological polar surface area (TPSA) is 32.3 Å². The molecule has 15 heavy (non-hydrogen) atoms. The maximum Gasteiger partial charge on any atom is 0.222 e. The summed E-state index contributed by atoms with van der Waals surface area (Å²) < 4.78 is 0. The average molecular weight is 212 g/mol. The van der Waals surface area contributed by atoms with E-state index in [4.69, 9.17) is 0 Å². The lowest BCUT2D eigenvalue weighted by atomic mass is 10.0. The van der Waals surface area contributed by atoms with E-state index in [1.54, 1.807) is 0 Å². The normalized spacial score (nSPS) is 18.5. The minimum absolute atomic E-state index is 0.333. The molecule has 3 heteroatoms. The number of hydrogen-bond donors (Lipinski definition) is 1. The molecule has 0 unspecified atom stereocenters. The number of carbonyl (C=O) groups excluding carboxylic acids is 1. The van der Waals surface area contributed by atoms with Gasteiger partial charge in [0.1, 0.15) is 0 Å². The van der Waals surface area contributed by atoms with Crippen molar-refractivity contribution in [3.63, 3.8) is 0 Å². The highest BCUT2D eigenvalue weighted by Crippen LogP contribution is 2.13. The number of piperidine rings is 1. The molecule has 0 aromatic carbocycles. The third-order valence-electron chi connectivity index (χ3n) is 2.92. The highest BCUT2D eigenvalue weighted by atomic mass is 16.2. The van der Waals surface area contributed by atoms with Crippen molar-refractivity contribution in [1.82, 2.24) is 10.2 Å². The summed E-state index contributed by atoms with van der Waals surface area (Å²) >= 11 is 0. The molecule has 1 amide bonds. The van der Waals surface area contributed by atoms with Crippen molar-refractivity contribution < 1.29 is 4.79 Å². The van der Waals surface area contributed by atoms with Crippen molar-refractivity contribution in [2.75, 3.05) is 19.6 Å². The molecular formula is C12H24N2O. The van der Waals surface area contributed by atoms with Gasteiger partial charge in [0.15, 0.2) is 0 Å². The molecule has 0 radical (unpaired) electrons. The minimum atomic E-state index is 0.333. The highest BCUT2D eigenvalue weighted by Gasteiger charge is 2.22. The second kappa shape index (κ2) is 6.11. The summed E-state index contributed by atoms with van der Waals surface area (Å²) in [5, 5.41) is 3.45. The molecule has 1 aliphatic rings. The van der Waals surface area contributed by atoms with E-state index in [0.717, 1.165) is 32.5 Å². The fraction of sp³-hybridized carbons (Fsp3) is 0.917. The number of likely N-dealkylation sites (tertiary alicyclic amines) is 1. The van der Waals surface area contributed by atoms with E-state index in [-0.39, 0.29) is 0 Å². The molecule has 1 heterocycles. The zero-order chi connectivity index (χ0) is 11.3. The Hall–Kier alpha value is -0.570. The van der Waals surface area contributed by atoms with Gasteiger partial charge in [-0.1, -0.05) is 20.8 Å². The first-order chi connectivity index (χ1) is 7.13. The van der Waals surface area contributed by atoms with Crippen LogP contribution >= 0.6 is 0 Å². The molecule has 0 saturated carbocycles. The number of amides is 1. The molecule has 1 N–H and O–H groups in total. The van der Waals surface area contributed by atoms with Gasteiger partial charge in [-0.2, -0.15) is 0 Å². The van der Waals surface area contributed by atoms with Crippen molar-refractivity contribution in [3.8, 4) is 0 Å². The minimum Gasteiger partial charge on any atom is -0.343 e. The van der Waals surface area contributed by atoms with E-state index >= 15 is 0 Å². The molecule has 0 aliphatic carbocycles. The van der Waals surface area contributed by atoms with E-state index in [1.165, 1.54) is 0 Å². The van der Waals surface area contributed by atoms with Crippen LogP contribution in [0, 0.1) is 5.92 Å². The number of hydrogen-bond acceptors (Lipinski definition) is 2. The second-order valence-corrected chi connectivity index (χ2v) is 4.81. The van der Waals surface area contributed by atoms with Crippen LogP contribution in [0.25, 0.3) is 0 Å². The maximum atomic E-state index is 11.8. The Bertz CT molecular complexity index is 196. The van der Waals surface area contributed by atoms with E-state index in [0.29, 0.717) is 24.3 Å². The van der Waals surface area contributed by atoms with Gasteiger partial charge < -0.3 is 10.2 Å². The van der Waals surface area contributed by atoms with Gasteiger partial charge in [0.05, 0.1) is 0 Å². The number of carbonyl (C=O) groups is 1. The maximum absolute atomic E-state index is 11.8. The van der Waals surface area contributed by atoms with E-state index < -0.39 is 0 Å². The fourth-order valence-corrected chi connectivity index (χ4v) is 2.10. The van der Waals surface area contributed by atoms with Crippen LogP contribution in [0.5, 0.6) is 0 Å². The van der Waals surface area contributed by atoms with Crippen LogP contribution in [0.2, 0.25) is 0 Å². The third-order valence-corrected chi connectivity index (χ3v) is 2.92. The fourth-order valence-electron chi connectivity index (χ4n) is 2.10. The van der Waals surface area contributed by atoms with Crippen molar-refractivity contribution in [1.29, 1.82) is 0 Å². The van der Waals surface area contributed by atoms with Gasteiger partial charge in [0, 0.05) is 25.6 Å². The Labute approximate surface area is 93.2 Å². The van der Waals surface area contributed by atoms with Crippen LogP contribution in [-0.2, 0) is 4.79 Å². The molecule has 1 fully saturated rings. The van der Waals surface area contributed by atoms with Crippen LogP contribution in [0.3, 0.4) is 0 Å². The Balaban J connectivity index is 2.27. The van der Waals surface area contributed by atoms with Crippen LogP contribution in [0.15, 0.2) is 0 Å². The van der Waals surface area contributed by atoms with Gasteiger partial charge in [-0.15, -0.1) is 0 Å². The quantitative estimate of drug-likeness (QED) is 0.768. The Morgan fingerprint density at radius 3 is 2.47 bits per heavy atom. The van der Waals surface area contributed by atoms with Gasteiger partial charge in [-0.05, 0) is 25.3 Å². The van der Waals surface area contributed by atoms with Crippen LogP contribution < -0.4 is 5.32 Å². The van der Waals surface area contributed by atoms with Crippen molar-refractivity contribution in [2.24, 2.45) is 5.92 Å². The first-order valence-electron chi connectivity index (χ1n) is 6.14. The van der Waals surface area contributed by atoms with Crippen LogP contribution in [0.1, 0.15) is 40.0 Å². The number of nitrogens with zero attached hydrogens (tertiary/aromatic N) is 1. The molecule has 0 spiro atoms. The Morgan fingerprint density at radius 1 is 1.40 bits per heavy atom. The van der Waals surface area contributed by atoms with Gasteiger partial charge >= 0.3 is 0 Å². The summed E-state index contributed by atoms with van der Waals surface area (Å²) in [5.41, 5.74) is 0. The van der Waals surface area contributed by atoms with Gasteiger partial charge in [-0.25, -0.2) is 0 Å². The smallest absolute Gasteiger partial charge is 0.222 e. The Kier molecular flexibility index (Phi) is 5.09. The molecule has 1 aliphatic heterocycles. The zero-order valence-electron chi connectivity index (χ0n) is 10.3. The summed E-state index contributed by atoms with van der Waals surface area (Å²) in [7, 11) is 0. The molecule has 1 saturated heterocycles. The lowest BCUT2D eigenvalue weighted by molar-refractivity contribution is -0.133. The van der Waals surface area contributed by atoms with Crippen molar-refractivity contribution in [3.05, 3.63) is 0 Å². The first-order valence-corrected chi connectivity index (χ1v) is 6.14. The van der Waals surface area contributed by atoms with Gasteiger partial charge in [-0.3, -0.25) is 4.79 Å². The summed E-state index contributed by atoms with van der Waals surface area (Å²) in [5.74, 6) is 0.809. The SMILES string of the molecule is CCNC1CCN(C(=O)CC(C)C)CC1. The predicted molar refractivity (Wildman–Crippen MR) is 62.7 cm³/mol. The summed E-state index contributed by atoms with van der Waals surface area (Å²) in [4.78, 5) is 13.8. The molecular weight excluding hydrogens is 188 g/mol. The standard InChI is InChI=1S/C12H24N2O/c1-4-13-11-5-7-14(8-6-11)12(15)9-10(2)3/h10-11,13H,4-9H2,1-3H3. The van der Waals surface area contributed by atoms with E-state index in [9.17, 15) is 4.79 Å². The lowest BCUT2D eigenvalue weighted by Gasteiger charge is -2.32. The third kappa shape index (κ3) is 4.20. The number of rotatable bonds is 4. The Morgan fingerprint density at radius 2 is 2.00 bits per heavy atom. The lowest BCUT2D eigenvalue weighted by Crippen LogP contribution is -2.45. The van der Waals surface area contributed by atoms with Crippen LogP contribution in [0.4, 0.5) is 0 Å². The van der Waals surface area contributed by atoms with Crippen molar-refractivity contribution in [2.45, 2.75) is 46.1 Å². The summed E-state index contributed by atoms with van der Waals surface area (Å²) in [6.07, 6.45) is 2.92. The second-order valence-electron chi connectivity index (χ2n) is 4.81. The molecule has 88 valence electrons. The first kappa shape index (κ1) is 12.5. The predicted octanol–water partition coefficient (Wildman–Crippen LogP) is 1.63. The molecule has 0 aromatic rings. The molecule has 1 rings (SSSR count). The van der Waals surface area contributed by atoms with E-state index in [2.05, 4.69) is 26.1 Å². The van der Waals surface area contributed by atoms with E-state index in [1.807, 2.05) is 4.90 Å². The zero-order valence-corrected chi connectivity index (χ0v) is 10.3. The molecule has 0 aromatic heterocycles. The molecule has 0 bridgehead atoms. The largest absolute Gasteiger partial charge is 0.343 e. The van der Waals surface area contributed by atoms with Crippen molar-refractivity contribution >= 4 is 5.91 Å². The van der Waals surface area contributed by atoms with Gasteiger partial charge in [0.25, 0.3) is 0 Å². The number of nitrogens with one attached hydrogen (secondary N) is 1. The average Bonchev–Trinajstić information content (AvgIpc) is 2.18. The highest BCUT2D eigenvalue weighted by molar-refractivity contribution is 5.76. The summed E-state index contributed by atoms with van der Waals surface area (Å²) in [6.45, 7) is 9.24. The molecule has 0 atom stereocenters.